The number of anilines is 1. The molecule has 2 aliphatic rings. The molecule has 0 spiro atoms. The molecular weight excluding hydrogens is 521 g/mol. The van der Waals surface area contributed by atoms with Crippen LogP contribution in [0.4, 0.5) is 5.69 Å². The summed E-state index contributed by atoms with van der Waals surface area (Å²) >= 11 is 12.5. The maximum Gasteiger partial charge on any atom is 0.262 e. The van der Waals surface area contributed by atoms with Gasteiger partial charge in [0.05, 0.1) is 18.2 Å². The zero-order valence-electron chi connectivity index (χ0n) is 21.1. The van der Waals surface area contributed by atoms with E-state index in [9.17, 15) is 9.59 Å². The molecule has 0 saturated carbocycles. The summed E-state index contributed by atoms with van der Waals surface area (Å²) < 4.78 is 6.05. The highest BCUT2D eigenvalue weighted by Crippen LogP contribution is 2.35. The van der Waals surface area contributed by atoms with Crippen molar-refractivity contribution >= 4 is 40.7 Å². The molecule has 0 unspecified atom stereocenters. The number of amides is 2. The maximum absolute atomic E-state index is 13.9. The lowest BCUT2D eigenvalue weighted by Gasteiger charge is -2.38. The van der Waals surface area contributed by atoms with Crippen molar-refractivity contribution in [1.82, 2.24) is 10.2 Å². The van der Waals surface area contributed by atoms with Crippen molar-refractivity contribution in [3.63, 3.8) is 0 Å². The molecule has 2 heterocycles. The van der Waals surface area contributed by atoms with Gasteiger partial charge in [0, 0.05) is 29.7 Å². The van der Waals surface area contributed by atoms with Crippen molar-refractivity contribution in [3.8, 4) is 5.75 Å². The van der Waals surface area contributed by atoms with E-state index in [4.69, 9.17) is 27.9 Å². The number of nitrogens with zero attached hydrogens (tertiary/aromatic N) is 2. The van der Waals surface area contributed by atoms with E-state index in [0.717, 1.165) is 36.9 Å². The maximum atomic E-state index is 13.9. The minimum absolute atomic E-state index is 0.0229. The molecule has 8 heteroatoms. The zero-order chi connectivity index (χ0) is 26.5. The third kappa shape index (κ3) is 6.32. The summed E-state index contributed by atoms with van der Waals surface area (Å²) in [6, 6.07) is 23.0. The predicted molar refractivity (Wildman–Crippen MR) is 151 cm³/mol. The minimum Gasteiger partial charge on any atom is -0.477 e. The Balaban J connectivity index is 1.25. The second-order valence-corrected chi connectivity index (χ2v) is 10.7. The molecule has 2 aliphatic heterocycles. The Morgan fingerprint density at radius 3 is 2.58 bits per heavy atom. The lowest BCUT2D eigenvalue weighted by Crippen LogP contribution is -2.53. The highest BCUT2D eigenvalue weighted by Gasteiger charge is 2.37. The van der Waals surface area contributed by atoms with Crippen molar-refractivity contribution in [2.75, 3.05) is 31.1 Å². The third-order valence-electron chi connectivity index (χ3n) is 7.15. The number of rotatable bonds is 7. The van der Waals surface area contributed by atoms with Crippen LogP contribution in [-0.4, -0.2) is 49.0 Å². The number of likely N-dealkylation sites (tertiary alicyclic amines) is 1. The van der Waals surface area contributed by atoms with E-state index in [1.54, 1.807) is 11.0 Å². The monoisotopic (exact) mass is 551 g/mol. The first-order chi connectivity index (χ1) is 18.5. The molecule has 6 nitrogen and oxygen atoms in total. The van der Waals surface area contributed by atoms with Crippen LogP contribution in [0, 0.1) is 5.92 Å². The Kier molecular flexibility index (Phi) is 8.52. The summed E-state index contributed by atoms with van der Waals surface area (Å²) in [4.78, 5) is 30.9. The van der Waals surface area contributed by atoms with Gasteiger partial charge < -0.3 is 15.0 Å². The summed E-state index contributed by atoms with van der Waals surface area (Å²) in [5, 5.41) is 4.22. The standard InChI is InChI=1S/C30H31Cl2N3O3/c31-24-13-12-22(25(32)17-24)18-34-16-6-9-23(19-34)30(37)35-20-28(38-27-11-5-4-10-26(27)35)29(36)33-15-14-21-7-2-1-3-8-21/h1-5,7-8,10-13,17,23,28H,6,9,14-16,18-20H2,(H,33,36)/t23-,28+/m1/s1. The van der Waals surface area contributed by atoms with Crippen LogP contribution in [0.3, 0.4) is 0 Å². The number of ether oxygens (including phenoxy) is 1. The summed E-state index contributed by atoms with van der Waals surface area (Å²) in [5.74, 6) is 0.185. The van der Waals surface area contributed by atoms with Gasteiger partial charge in [0.1, 0.15) is 5.75 Å². The number of benzene rings is 3. The van der Waals surface area contributed by atoms with Crippen molar-refractivity contribution in [2.45, 2.75) is 31.9 Å². The van der Waals surface area contributed by atoms with Gasteiger partial charge in [0.25, 0.3) is 5.91 Å². The second kappa shape index (κ2) is 12.2. The fraction of sp³-hybridized carbons (Fsp3) is 0.333. The highest BCUT2D eigenvalue weighted by molar-refractivity contribution is 6.35. The minimum atomic E-state index is -0.766. The number of fused-ring (bicyclic) bond motifs is 1. The molecule has 2 amide bonds. The van der Waals surface area contributed by atoms with Crippen molar-refractivity contribution < 1.29 is 14.3 Å². The molecule has 5 rings (SSSR count). The van der Waals surface area contributed by atoms with E-state index >= 15 is 0 Å². The van der Waals surface area contributed by atoms with Crippen LogP contribution >= 0.6 is 23.2 Å². The van der Waals surface area contributed by atoms with E-state index in [-0.39, 0.29) is 24.3 Å². The average molecular weight is 553 g/mol. The largest absolute Gasteiger partial charge is 0.477 e. The van der Waals surface area contributed by atoms with Crippen molar-refractivity contribution in [1.29, 1.82) is 0 Å². The average Bonchev–Trinajstić information content (AvgIpc) is 2.94. The molecule has 0 aromatic heterocycles. The Labute approximate surface area is 233 Å². The first kappa shape index (κ1) is 26.5. The molecule has 3 aromatic carbocycles. The second-order valence-electron chi connectivity index (χ2n) is 9.86. The lowest BCUT2D eigenvalue weighted by molar-refractivity contribution is -0.129. The number of carbonyl (C=O) groups is 2. The fourth-order valence-corrected chi connectivity index (χ4v) is 5.65. The van der Waals surface area contributed by atoms with Gasteiger partial charge in [0.2, 0.25) is 5.91 Å². The van der Waals surface area contributed by atoms with Crippen LogP contribution in [-0.2, 0) is 22.6 Å². The number of carbonyl (C=O) groups excluding carboxylic acids is 2. The van der Waals surface area contributed by atoms with Crippen molar-refractivity contribution in [3.05, 3.63) is 94.0 Å². The van der Waals surface area contributed by atoms with Gasteiger partial charge in [-0.2, -0.15) is 0 Å². The van der Waals surface area contributed by atoms with Crippen LogP contribution < -0.4 is 15.0 Å². The van der Waals surface area contributed by atoms with Gasteiger partial charge in [-0.25, -0.2) is 0 Å². The van der Waals surface area contributed by atoms with Gasteiger partial charge in [0.15, 0.2) is 6.10 Å². The summed E-state index contributed by atoms with van der Waals surface area (Å²) in [7, 11) is 0. The number of hydrogen-bond donors (Lipinski definition) is 1. The smallest absolute Gasteiger partial charge is 0.262 e. The first-order valence-electron chi connectivity index (χ1n) is 13.0. The van der Waals surface area contributed by atoms with Crippen LogP contribution in [0.5, 0.6) is 5.75 Å². The molecule has 2 atom stereocenters. The van der Waals surface area contributed by atoms with E-state index in [1.807, 2.05) is 66.7 Å². The van der Waals surface area contributed by atoms with Gasteiger partial charge in [-0.15, -0.1) is 0 Å². The van der Waals surface area contributed by atoms with E-state index in [2.05, 4.69) is 10.2 Å². The molecule has 1 N–H and O–H groups in total. The number of piperidine rings is 1. The third-order valence-corrected chi connectivity index (χ3v) is 7.74. The Bertz CT molecular complexity index is 1290. The molecule has 1 fully saturated rings. The molecule has 3 aromatic rings. The molecule has 1 saturated heterocycles. The molecule has 38 heavy (non-hydrogen) atoms. The van der Waals surface area contributed by atoms with Gasteiger partial charge in [-0.3, -0.25) is 14.5 Å². The van der Waals surface area contributed by atoms with E-state index in [1.165, 1.54) is 0 Å². The van der Waals surface area contributed by atoms with Crippen LogP contribution in [0.25, 0.3) is 0 Å². The SMILES string of the molecule is O=C(NCCc1ccccc1)[C@@H]1CN(C(=O)[C@@H]2CCCN(Cc3ccc(Cl)cc3Cl)C2)c2ccccc2O1. The lowest BCUT2D eigenvalue weighted by atomic mass is 9.95. The molecular formula is C30H31Cl2N3O3. The summed E-state index contributed by atoms with van der Waals surface area (Å²) in [6.45, 7) is 2.88. The zero-order valence-corrected chi connectivity index (χ0v) is 22.6. The summed E-state index contributed by atoms with van der Waals surface area (Å²) in [5.41, 5.74) is 2.86. The molecule has 0 bridgehead atoms. The number of hydrogen-bond acceptors (Lipinski definition) is 4. The predicted octanol–water partition coefficient (Wildman–Crippen LogP) is 5.36. The number of nitrogens with one attached hydrogen (secondary N) is 1. The normalized spacial score (nSPS) is 19.4. The van der Waals surface area contributed by atoms with Crippen LogP contribution in [0.2, 0.25) is 10.0 Å². The van der Waals surface area contributed by atoms with E-state index in [0.29, 0.717) is 41.1 Å². The van der Waals surface area contributed by atoms with E-state index < -0.39 is 6.10 Å². The Morgan fingerprint density at radius 1 is 0.974 bits per heavy atom. The van der Waals surface area contributed by atoms with Crippen LogP contribution in [0.1, 0.15) is 24.0 Å². The first-order valence-corrected chi connectivity index (χ1v) is 13.8. The quantitative estimate of drug-likeness (QED) is 0.429. The number of halogens is 2. The van der Waals surface area contributed by atoms with Crippen molar-refractivity contribution in [2.24, 2.45) is 5.92 Å². The molecule has 0 radical (unpaired) electrons. The highest BCUT2D eigenvalue weighted by atomic mass is 35.5. The van der Waals surface area contributed by atoms with Gasteiger partial charge in [-0.05, 0) is 61.2 Å². The molecule has 198 valence electrons. The number of para-hydroxylation sites is 2. The van der Waals surface area contributed by atoms with Gasteiger partial charge >= 0.3 is 0 Å². The Hall–Kier alpha value is -3.06. The Morgan fingerprint density at radius 2 is 1.76 bits per heavy atom. The molecule has 0 aliphatic carbocycles. The summed E-state index contributed by atoms with van der Waals surface area (Å²) in [6.07, 6.45) is 1.68. The van der Waals surface area contributed by atoms with Gasteiger partial charge in [-0.1, -0.05) is 71.7 Å². The fourth-order valence-electron chi connectivity index (χ4n) is 5.18. The van der Waals surface area contributed by atoms with Crippen LogP contribution in [0.15, 0.2) is 72.8 Å². The topological polar surface area (TPSA) is 61.9 Å².